The second kappa shape index (κ2) is 9.43. The van der Waals surface area contributed by atoms with Gasteiger partial charge < -0.3 is 28.8 Å². The Hall–Kier alpha value is -3.36. The average Bonchev–Trinajstić information content (AvgIpc) is 3.38. The van der Waals surface area contributed by atoms with Crippen LogP contribution < -0.4 is 14.8 Å². The van der Waals surface area contributed by atoms with Crippen LogP contribution in [0.15, 0.2) is 63.5 Å². The Morgan fingerprint density at radius 2 is 1.93 bits per heavy atom. The molecule has 2 heterocycles. The normalized spacial score (nSPS) is 12.2. The van der Waals surface area contributed by atoms with Gasteiger partial charge in [0.2, 0.25) is 11.7 Å². The number of aliphatic hydroxyl groups is 1. The van der Waals surface area contributed by atoms with Crippen molar-refractivity contribution in [2.45, 2.75) is 13.0 Å². The molecule has 0 bridgehead atoms. The van der Waals surface area contributed by atoms with Crippen molar-refractivity contribution in [3.63, 3.8) is 0 Å². The van der Waals surface area contributed by atoms with Crippen LogP contribution in [0.25, 0.3) is 22.6 Å². The van der Waals surface area contributed by atoms with Gasteiger partial charge in [-0.1, -0.05) is 23.4 Å². The molecule has 0 aliphatic rings. The highest BCUT2D eigenvalue weighted by molar-refractivity contribution is 5.83. The smallest absolute Gasteiger partial charge is 0.238 e. The van der Waals surface area contributed by atoms with Gasteiger partial charge in [0.05, 0.1) is 0 Å². The fourth-order valence-electron chi connectivity index (χ4n) is 2.90. The molecule has 4 rings (SSSR count). The van der Waals surface area contributed by atoms with Crippen molar-refractivity contribution >= 4 is 11.0 Å². The number of aryl methyl sites for hydroxylation is 1. The minimum atomic E-state index is -0.598. The minimum absolute atomic E-state index is 0.233. The number of furan rings is 1. The maximum Gasteiger partial charge on any atom is 0.238 e. The summed E-state index contributed by atoms with van der Waals surface area (Å²) in [7, 11) is 0. The standard InChI is InChI=1S/C22H23N3O5/c1-15-24-22(25-30-15)21-12-16-11-19(7-8-20(16)29-21)27-10-9-23-13-17(26)14-28-18-5-3-2-4-6-18/h2-8,11-12,17,23,26H,9-10,13-14H2,1H3/t17-/m0/s1. The Morgan fingerprint density at radius 3 is 2.73 bits per heavy atom. The summed E-state index contributed by atoms with van der Waals surface area (Å²) in [6.45, 7) is 3.45. The third-order valence-electron chi connectivity index (χ3n) is 4.35. The molecule has 0 saturated carbocycles. The van der Waals surface area contributed by atoms with Gasteiger partial charge in [0.15, 0.2) is 5.76 Å². The van der Waals surface area contributed by atoms with E-state index < -0.39 is 6.10 Å². The van der Waals surface area contributed by atoms with Crippen LogP contribution in [0.2, 0.25) is 0 Å². The summed E-state index contributed by atoms with van der Waals surface area (Å²) < 4.78 is 22.0. The van der Waals surface area contributed by atoms with Gasteiger partial charge >= 0.3 is 0 Å². The molecular formula is C22H23N3O5. The highest BCUT2D eigenvalue weighted by atomic mass is 16.5. The van der Waals surface area contributed by atoms with Crippen LogP contribution in [0.3, 0.4) is 0 Å². The van der Waals surface area contributed by atoms with Crippen LogP contribution in [0.5, 0.6) is 11.5 Å². The average molecular weight is 409 g/mol. The quantitative estimate of drug-likeness (QED) is 0.385. The zero-order chi connectivity index (χ0) is 20.8. The highest BCUT2D eigenvalue weighted by Gasteiger charge is 2.12. The maximum atomic E-state index is 9.99. The SMILES string of the molecule is Cc1nc(-c2cc3cc(OCCNC[C@H](O)COc4ccccc4)ccc3o2)no1. The molecule has 0 amide bonds. The van der Waals surface area contributed by atoms with Gasteiger partial charge in [-0.05, 0) is 36.4 Å². The lowest BCUT2D eigenvalue weighted by Gasteiger charge is -2.13. The molecule has 0 aliphatic heterocycles. The number of nitrogens with one attached hydrogen (secondary N) is 1. The van der Waals surface area contributed by atoms with Crippen LogP contribution >= 0.6 is 0 Å². The number of nitrogens with zero attached hydrogens (tertiary/aromatic N) is 2. The second-order valence-corrected chi connectivity index (χ2v) is 6.78. The predicted molar refractivity (Wildman–Crippen MR) is 111 cm³/mol. The summed E-state index contributed by atoms with van der Waals surface area (Å²) in [6.07, 6.45) is -0.598. The Labute approximate surface area is 173 Å². The molecule has 2 aromatic carbocycles. The lowest BCUT2D eigenvalue weighted by molar-refractivity contribution is 0.105. The molecule has 8 nitrogen and oxygen atoms in total. The van der Waals surface area contributed by atoms with E-state index >= 15 is 0 Å². The van der Waals surface area contributed by atoms with E-state index in [4.69, 9.17) is 18.4 Å². The van der Waals surface area contributed by atoms with Gasteiger partial charge in [-0.25, -0.2) is 0 Å². The summed E-state index contributed by atoms with van der Waals surface area (Å²) in [5, 5.41) is 17.9. The van der Waals surface area contributed by atoms with Gasteiger partial charge in [0.1, 0.15) is 36.4 Å². The molecule has 8 heteroatoms. The molecule has 0 radical (unpaired) electrons. The van der Waals surface area contributed by atoms with Crippen molar-refractivity contribution in [1.82, 2.24) is 15.5 Å². The third kappa shape index (κ3) is 5.16. The molecular weight excluding hydrogens is 386 g/mol. The van der Waals surface area contributed by atoms with E-state index in [0.29, 0.717) is 37.2 Å². The lowest BCUT2D eigenvalue weighted by atomic mass is 10.2. The first-order valence-corrected chi connectivity index (χ1v) is 9.71. The Morgan fingerprint density at radius 1 is 1.07 bits per heavy atom. The van der Waals surface area contributed by atoms with E-state index in [-0.39, 0.29) is 6.61 Å². The second-order valence-electron chi connectivity index (χ2n) is 6.78. The largest absolute Gasteiger partial charge is 0.492 e. The van der Waals surface area contributed by atoms with Crippen molar-refractivity contribution in [3.05, 3.63) is 60.5 Å². The molecule has 2 aromatic heterocycles. The highest BCUT2D eigenvalue weighted by Crippen LogP contribution is 2.28. The van der Waals surface area contributed by atoms with E-state index in [1.807, 2.05) is 54.6 Å². The van der Waals surface area contributed by atoms with Crippen LogP contribution in [-0.4, -0.2) is 47.7 Å². The van der Waals surface area contributed by atoms with Gasteiger partial charge in [-0.3, -0.25) is 0 Å². The van der Waals surface area contributed by atoms with Crippen molar-refractivity contribution in [1.29, 1.82) is 0 Å². The molecule has 0 saturated heterocycles. The molecule has 1 atom stereocenters. The molecule has 0 unspecified atom stereocenters. The van der Waals surface area contributed by atoms with E-state index in [1.54, 1.807) is 6.92 Å². The van der Waals surface area contributed by atoms with E-state index in [1.165, 1.54) is 0 Å². The molecule has 0 spiro atoms. The molecule has 4 aromatic rings. The Balaban J connectivity index is 1.20. The monoisotopic (exact) mass is 409 g/mol. The Kier molecular flexibility index (Phi) is 6.26. The Bertz CT molecular complexity index is 1080. The van der Waals surface area contributed by atoms with Crippen LogP contribution in [0.4, 0.5) is 0 Å². The maximum absolute atomic E-state index is 9.99. The molecule has 30 heavy (non-hydrogen) atoms. The number of benzene rings is 2. The fraction of sp³-hybridized carbons (Fsp3) is 0.273. The number of fused-ring (bicyclic) bond motifs is 1. The topological polar surface area (TPSA) is 103 Å². The molecule has 0 aliphatic carbocycles. The number of para-hydroxylation sites is 1. The van der Waals surface area contributed by atoms with Crippen LogP contribution in [0.1, 0.15) is 5.89 Å². The number of rotatable bonds is 10. The van der Waals surface area contributed by atoms with Crippen molar-refractivity contribution in [2.24, 2.45) is 0 Å². The number of aliphatic hydroxyl groups excluding tert-OH is 1. The zero-order valence-corrected chi connectivity index (χ0v) is 16.6. The van der Waals surface area contributed by atoms with Gasteiger partial charge in [-0.15, -0.1) is 0 Å². The van der Waals surface area contributed by atoms with Crippen LogP contribution in [-0.2, 0) is 0 Å². The van der Waals surface area contributed by atoms with Gasteiger partial charge in [-0.2, -0.15) is 4.98 Å². The molecule has 156 valence electrons. The number of hydrogen-bond donors (Lipinski definition) is 2. The van der Waals surface area contributed by atoms with E-state index in [0.717, 1.165) is 22.5 Å². The van der Waals surface area contributed by atoms with Crippen LogP contribution in [0, 0.1) is 6.92 Å². The first-order valence-electron chi connectivity index (χ1n) is 9.71. The summed E-state index contributed by atoms with van der Waals surface area (Å²) >= 11 is 0. The number of aromatic nitrogens is 2. The van der Waals surface area contributed by atoms with E-state index in [2.05, 4.69) is 15.5 Å². The third-order valence-corrected chi connectivity index (χ3v) is 4.35. The number of hydrogen-bond acceptors (Lipinski definition) is 8. The molecule has 2 N–H and O–H groups in total. The molecule has 0 fully saturated rings. The lowest BCUT2D eigenvalue weighted by Crippen LogP contribution is -2.33. The van der Waals surface area contributed by atoms with E-state index in [9.17, 15) is 5.11 Å². The summed E-state index contributed by atoms with van der Waals surface area (Å²) in [6, 6.07) is 16.9. The van der Waals surface area contributed by atoms with Gasteiger partial charge in [0, 0.05) is 25.4 Å². The zero-order valence-electron chi connectivity index (χ0n) is 16.6. The summed E-state index contributed by atoms with van der Waals surface area (Å²) in [5.41, 5.74) is 0.722. The predicted octanol–water partition coefficient (Wildman–Crippen LogP) is 3.20. The minimum Gasteiger partial charge on any atom is -0.492 e. The van der Waals surface area contributed by atoms with Gasteiger partial charge in [0.25, 0.3) is 0 Å². The first kappa shape index (κ1) is 19.9. The van der Waals surface area contributed by atoms with Crippen molar-refractivity contribution in [2.75, 3.05) is 26.3 Å². The van der Waals surface area contributed by atoms with Crippen molar-refractivity contribution < 1.29 is 23.5 Å². The summed E-state index contributed by atoms with van der Waals surface area (Å²) in [4.78, 5) is 4.17. The number of ether oxygens (including phenoxy) is 2. The fourth-order valence-corrected chi connectivity index (χ4v) is 2.90. The summed E-state index contributed by atoms with van der Waals surface area (Å²) in [5.74, 6) is 2.93. The van der Waals surface area contributed by atoms with Crippen molar-refractivity contribution in [3.8, 4) is 23.1 Å². The first-order chi connectivity index (χ1) is 14.7.